The summed E-state index contributed by atoms with van der Waals surface area (Å²) in [6.45, 7) is 1.74. The van der Waals surface area contributed by atoms with Crippen LogP contribution < -0.4 is 5.32 Å². The van der Waals surface area contributed by atoms with Gasteiger partial charge in [-0.05, 0) is 48.7 Å². The lowest BCUT2D eigenvalue weighted by Crippen LogP contribution is -2.51. The number of benzene rings is 2. The highest BCUT2D eigenvalue weighted by molar-refractivity contribution is 7.89. The summed E-state index contributed by atoms with van der Waals surface area (Å²) in [7, 11) is -3.57. The molecule has 4 rings (SSSR count). The van der Waals surface area contributed by atoms with E-state index in [1.54, 1.807) is 24.4 Å². The molecule has 156 valence electrons. The molecule has 0 bridgehead atoms. The van der Waals surface area contributed by atoms with Crippen molar-refractivity contribution in [1.82, 2.24) is 9.29 Å². The second-order valence-electron chi connectivity index (χ2n) is 6.97. The molecule has 0 radical (unpaired) electrons. The van der Waals surface area contributed by atoms with Gasteiger partial charge in [0.05, 0.1) is 11.4 Å². The number of hydrogen-bond donors (Lipinski definition) is 1. The predicted octanol–water partition coefficient (Wildman–Crippen LogP) is 3.66. The number of rotatable bonds is 5. The highest BCUT2D eigenvalue weighted by atomic mass is 32.2. The lowest BCUT2D eigenvalue weighted by atomic mass is 9.95. The average molecular weight is 446 g/mol. The summed E-state index contributed by atoms with van der Waals surface area (Å²) in [5, 5.41) is 4.89. The molecule has 0 saturated carbocycles. The molecule has 1 amide bonds. The van der Waals surface area contributed by atoms with Crippen molar-refractivity contribution in [2.75, 3.05) is 11.1 Å². The second-order valence-corrected chi connectivity index (χ2v) is 10.0. The van der Waals surface area contributed by atoms with E-state index < -0.39 is 22.0 Å². The first-order valence-electron chi connectivity index (χ1n) is 9.46. The van der Waals surface area contributed by atoms with Gasteiger partial charge >= 0.3 is 0 Å². The van der Waals surface area contributed by atoms with E-state index in [0.29, 0.717) is 17.2 Å². The van der Waals surface area contributed by atoms with E-state index in [1.165, 1.54) is 27.8 Å². The predicted molar refractivity (Wildman–Crippen MR) is 115 cm³/mol. The highest BCUT2D eigenvalue weighted by Crippen LogP contribution is 2.29. The zero-order valence-electron chi connectivity index (χ0n) is 16.2. The quantitative estimate of drug-likeness (QED) is 0.650. The van der Waals surface area contributed by atoms with E-state index in [4.69, 9.17) is 0 Å². The van der Waals surface area contributed by atoms with Crippen LogP contribution in [0.25, 0.3) is 11.3 Å². The number of hydrogen-bond acceptors (Lipinski definition) is 5. The SMILES string of the molecule is CCS(=O)(=O)N1Cc2ccccc2C[C@@H]1C(=O)Nc1nc(-c2ccc(F)cc2)cs1. The minimum atomic E-state index is -3.57. The molecule has 6 nitrogen and oxygen atoms in total. The fourth-order valence-corrected chi connectivity index (χ4v) is 5.40. The van der Waals surface area contributed by atoms with E-state index in [-0.39, 0.29) is 18.1 Å². The number of sulfonamides is 1. The Morgan fingerprint density at radius 2 is 1.90 bits per heavy atom. The van der Waals surface area contributed by atoms with Crippen molar-refractivity contribution >= 4 is 32.4 Å². The lowest BCUT2D eigenvalue weighted by Gasteiger charge is -2.34. The van der Waals surface area contributed by atoms with Gasteiger partial charge in [-0.1, -0.05) is 24.3 Å². The monoisotopic (exact) mass is 445 g/mol. The minimum Gasteiger partial charge on any atom is -0.301 e. The van der Waals surface area contributed by atoms with E-state index in [1.807, 2.05) is 24.3 Å². The third-order valence-electron chi connectivity index (χ3n) is 5.10. The zero-order valence-corrected chi connectivity index (χ0v) is 17.8. The maximum atomic E-state index is 13.1. The molecular weight excluding hydrogens is 425 g/mol. The molecule has 0 unspecified atom stereocenters. The van der Waals surface area contributed by atoms with Crippen molar-refractivity contribution in [2.24, 2.45) is 0 Å². The minimum absolute atomic E-state index is 0.0785. The van der Waals surface area contributed by atoms with Gasteiger partial charge in [0.1, 0.15) is 11.9 Å². The average Bonchev–Trinajstić information content (AvgIpc) is 3.21. The molecule has 1 aromatic heterocycles. The largest absolute Gasteiger partial charge is 0.301 e. The van der Waals surface area contributed by atoms with Crippen LogP contribution in [0.3, 0.4) is 0 Å². The van der Waals surface area contributed by atoms with E-state index in [0.717, 1.165) is 16.7 Å². The third-order valence-corrected chi connectivity index (χ3v) is 7.69. The Labute approximate surface area is 178 Å². The van der Waals surface area contributed by atoms with Crippen LogP contribution in [0.2, 0.25) is 0 Å². The first kappa shape index (κ1) is 20.6. The molecular formula is C21H20FN3O3S2. The summed E-state index contributed by atoms with van der Waals surface area (Å²) < 4.78 is 39.7. The summed E-state index contributed by atoms with van der Waals surface area (Å²) >= 11 is 1.24. The van der Waals surface area contributed by atoms with E-state index in [2.05, 4.69) is 10.3 Å². The topological polar surface area (TPSA) is 79.4 Å². The zero-order chi connectivity index (χ0) is 21.3. The summed E-state index contributed by atoms with van der Waals surface area (Å²) in [5.41, 5.74) is 3.22. The molecule has 1 aliphatic rings. The van der Waals surface area contributed by atoms with E-state index in [9.17, 15) is 17.6 Å². The third kappa shape index (κ3) is 4.14. The molecule has 0 saturated heterocycles. The molecule has 1 atom stereocenters. The first-order chi connectivity index (χ1) is 14.4. The molecule has 30 heavy (non-hydrogen) atoms. The van der Waals surface area contributed by atoms with Crippen LogP contribution in [-0.2, 0) is 27.8 Å². The Bertz CT molecular complexity index is 1180. The van der Waals surface area contributed by atoms with Crippen LogP contribution >= 0.6 is 11.3 Å². The number of thiazole rings is 1. The summed E-state index contributed by atoms with van der Waals surface area (Å²) in [6.07, 6.45) is 0.303. The number of amides is 1. The maximum Gasteiger partial charge on any atom is 0.244 e. The van der Waals surface area contributed by atoms with Crippen LogP contribution in [0.1, 0.15) is 18.1 Å². The van der Waals surface area contributed by atoms with Crippen molar-refractivity contribution in [3.63, 3.8) is 0 Å². The summed E-state index contributed by atoms with van der Waals surface area (Å²) in [4.78, 5) is 17.4. The molecule has 2 heterocycles. The van der Waals surface area contributed by atoms with Crippen molar-refractivity contribution in [1.29, 1.82) is 0 Å². The van der Waals surface area contributed by atoms with Gasteiger partial charge in [0.2, 0.25) is 15.9 Å². The molecule has 1 aliphatic heterocycles. The number of anilines is 1. The standard InChI is InChI=1S/C21H20FN3O3S2/c1-2-30(27,28)25-12-16-6-4-3-5-15(16)11-19(25)20(26)24-21-23-18(13-29-21)14-7-9-17(22)10-8-14/h3-10,13,19H,2,11-12H2,1H3,(H,23,24,26)/t19-/m1/s1. The maximum absolute atomic E-state index is 13.1. The molecule has 0 fully saturated rings. The fourth-order valence-electron chi connectivity index (χ4n) is 3.45. The molecule has 9 heteroatoms. The van der Waals surface area contributed by atoms with Crippen molar-refractivity contribution < 1.29 is 17.6 Å². The van der Waals surface area contributed by atoms with Crippen molar-refractivity contribution in [3.8, 4) is 11.3 Å². The number of halogens is 1. The molecule has 0 spiro atoms. The molecule has 3 aromatic rings. The Balaban J connectivity index is 1.57. The second kappa shape index (κ2) is 8.25. The number of carbonyl (C=O) groups is 1. The number of nitrogens with zero attached hydrogens (tertiary/aromatic N) is 2. The van der Waals surface area contributed by atoms with E-state index >= 15 is 0 Å². The number of carbonyl (C=O) groups excluding carboxylic acids is 1. The normalized spacial score (nSPS) is 16.8. The number of fused-ring (bicyclic) bond motifs is 1. The fraction of sp³-hybridized carbons (Fsp3) is 0.238. The van der Waals surface area contributed by atoms with Gasteiger partial charge in [0.25, 0.3) is 0 Å². The van der Waals surface area contributed by atoms with Gasteiger partial charge in [-0.3, -0.25) is 4.79 Å². The Hall–Kier alpha value is -2.62. The van der Waals surface area contributed by atoms with Gasteiger partial charge in [-0.2, -0.15) is 4.31 Å². The van der Waals surface area contributed by atoms with Gasteiger partial charge in [-0.25, -0.2) is 17.8 Å². The van der Waals surface area contributed by atoms with Gasteiger partial charge < -0.3 is 5.32 Å². The van der Waals surface area contributed by atoms with Gasteiger partial charge in [0, 0.05) is 17.5 Å². The van der Waals surface area contributed by atoms with Crippen molar-refractivity contribution in [3.05, 3.63) is 70.9 Å². The molecule has 1 N–H and O–H groups in total. The Morgan fingerprint density at radius 3 is 2.60 bits per heavy atom. The van der Waals surface area contributed by atoms with Crippen LogP contribution in [0, 0.1) is 5.82 Å². The van der Waals surface area contributed by atoms with Crippen LogP contribution in [-0.4, -0.2) is 35.4 Å². The summed E-state index contributed by atoms with van der Waals surface area (Å²) in [5.74, 6) is -0.830. The molecule has 2 aromatic carbocycles. The van der Waals surface area contributed by atoms with Crippen LogP contribution in [0.15, 0.2) is 53.9 Å². The van der Waals surface area contributed by atoms with Crippen LogP contribution in [0.4, 0.5) is 9.52 Å². The van der Waals surface area contributed by atoms with Gasteiger partial charge in [-0.15, -0.1) is 11.3 Å². The summed E-state index contributed by atoms with van der Waals surface area (Å²) in [6, 6.07) is 12.6. The number of nitrogens with one attached hydrogen (secondary N) is 1. The number of aromatic nitrogens is 1. The van der Waals surface area contributed by atoms with Crippen molar-refractivity contribution in [2.45, 2.75) is 25.9 Å². The Morgan fingerprint density at radius 1 is 1.20 bits per heavy atom. The Kier molecular flexibility index (Phi) is 5.68. The van der Waals surface area contributed by atoms with Gasteiger partial charge in [0.15, 0.2) is 5.13 Å². The molecule has 0 aliphatic carbocycles. The first-order valence-corrected chi connectivity index (χ1v) is 11.9. The highest BCUT2D eigenvalue weighted by Gasteiger charge is 2.38. The smallest absolute Gasteiger partial charge is 0.244 e. The van der Waals surface area contributed by atoms with Crippen LogP contribution in [0.5, 0.6) is 0 Å². The lowest BCUT2D eigenvalue weighted by molar-refractivity contribution is -0.120.